The predicted octanol–water partition coefficient (Wildman–Crippen LogP) is 2.35. The highest BCUT2D eigenvalue weighted by Gasteiger charge is 2.23. The van der Waals surface area contributed by atoms with Gasteiger partial charge >= 0.3 is 0 Å². The topological polar surface area (TPSA) is 103 Å². The molecule has 2 aromatic rings. The van der Waals surface area contributed by atoms with Gasteiger partial charge in [0, 0.05) is 6.54 Å². The maximum Gasteiger partial charge on any atom is 0.241 e. The summed E-state index contributed by atoms with van der Waals surface area (Å²) in [5, 5.41) is 2.84. The van der Waals surface area contributed by atoms with Gasteiger partial charge in [0.2, 0.25) is 15.9 Å². The molecule has 0 saturated heterocycles. The summed E-state index contributed by atoms with van der Waals surface area (Å²) in [6, 6.07) is 8.28. The number of sulfonamides is 1. The number of carbonyl (C=O) groups is 1. The molecule has 1 atom stereocenters. The summed E-state index contributed by atoms with van der Waals surface area (Å²) in [4.78, 5) is 12.3. The highest BCUT2D eigenvalue weighted by atomic mass is 35.5. The molecule has 0 heterocycles. The van der Waals surface area contributed by atoms with Gasteiger partial charge in [0.05, 0.1) is 37.3 Å². The van der Waals surface area contributed by atoms with Crippen LogP contribution in [-0.2, 0) is 21.4 Å². The first-order chi connectivity index (χ1) is 13.7. The highest BCUT2D eigenvalue weighted by molar-refractivity contribution is 7.89. The molecule has 0 spiro atoms. The number of hydrogen-bond donors (Lipinski definition) is 2. The van der Waals surface area contributed by atoms with Gasteiger partial charge in [0.1, 0.15) is 5.75 Å². The number of ether oxygens (including phenoxy) is 3. The molecule has 0 fully saturated rings. The molecule has 0 aromatic heterocycles. The average molecular weight is 443 g/mol. The van der Waals surface area contributed by atoms with Crippen molar-refractivity contribution in [1.82, 2.24) is 10.0 Å². The number of benzene rings is 2. The predicted molar refractivity (Wildman–Crippen MR) is 109 cm³/mol. The van der Waals surface area contributed by atoms with E-state index in [0.717, 1.165) is 5.56 Å². The van der Waals surface area contributed by atoms with E-state index in [1.54, 1.807) is 18.2 Å². The molecule has 0 aliphatic rings. The van der Waals surface area contributed by atoms with E-state index in [9.17, 15) is 13.2 Å². The Bertz CT molecular complexity index is 981. The fraction of sp³-hybridized carbons (Fsp3) is 0.316. The Morgan fingerprint density at radius 2 is 1.62 bits per heavy atom. The molecular formula is C19H23ClN2O6S. The minimum atomic E-state index is -3.94. The Hall–Kier alpha value is -2.49. The van der Waals surface area contributed by atoms with Crippen molar-refractivity contribution in [1.29, 1.82) is 0 Å². The van der Waals surface area contributed by atoms with Gasteiger partial charge in [-0.2, -0.15) is 4.72 Å². The summed E-state index contributed by atoms with van der Waals surface area (Å²) in [6.45, 7) is 1.65. The Balaban J connectivity index is 2.02. The maximum absolute atomic E-state index is 12.5. The normalized spacial score (nSPS) is 12.2. The van der Waals surface area contributed by atoms with Crippen LogP contribution in [-0.4, -0.2) is 41.7 Å². The molecule has 0 radical (unpaired) electrons. The van der Waals surface area contributed by atoms with Gasteiger partial charge in [-0.3, -0.25) is 4.79 Å². The van der Waals surface area contributed by atoms with Crippen LogP contribution in [0.15, 0.2) is 41.3 Å². The quantitative estimate of drug-likeness (QED) is 0.618. The molecule has 8 nitrogen and oxygen atoms in total. The van der Waals surface area contributed by atoms with E-state index in [-0.39, 0.29) is 16.5 Å². The number of hydrogen-bond acceptors (Lipinski definition) is 6. The third-order valence-corrected chi connectivity index (χ3v) is 5.91. The van der Waals surface area contributed by atoms with Crippen LogP contribution in [0.25, 0.3) is 0 Å². The van der Waals surface area contributed by atoms with Crippen LogP contribution < -0.4 is 24.2 Å². The number of rotatable bonds is 9. The molecule has 1 amide bonds. The molecule has 2 aromatic carbocycles. The Kier molecular flexibility index (Phi) is 7.72. The lowest BCUT2D eigenvalue weighted by Crippen LogP contribution is -2.44. The van der Waals surface area contributed by atoms with Crippen LogP contribution in [0.4, 0.5) is 0 Å². The second-order valence-electron chi connectivity index (χ2n) is 6.05. The van der Waals surface area contributed by atoms with Gasteiger partial charge in [0.15, 0.2) is 11.5 Å². The van der Waals surface area contributed by atoms with Gasteiger partial charge in [-0.25, -0.2) is 8.42 Å². The zero-order valence-corrected chi connectivity index (χ0v) is 18.1. The van der Waals surface area contributed by atoms with E-state index >= 15 is 0 Å². The number of halogens is 1. The van der Waals surface area contributed by atoms with Crippen molar-refractivity contribution in [2.45, 2.75) is 24.4 Å². The van der Waals surface area contributed by atoms with Gasteiger partial charge in [-0.05, 0) is 42.8 Å². The van der Waals surface area contributed by atoms with Crippen LogP contribution >= 0.6 is 11.6 Å². The lowest BCUT2D eigenvalue weighted by atomic mass is 10.2. The lowest BCUT2D eigenvalue weighted by Gasteiger charge is -2.15. The van der Waals surface area contributed by atoms with E-state index in [1.165, 1.54) is 46.5 Å². The SMILES string of the molecule is COc1ccc(S(=O)(=O)N[C@@H](C)C(=O)NCc2ccc(OC)c(OC)c2)cc1Cl. The lowest BCUT2D eigenvalue weighted by molar-refractivity contribution is -0.122. The average Bonchev–Trinajstić information content (AvgIpc) is 2.71. The van der Waals surface area contributed by atoms with E-state index in [1.807, 2.05) is 0 Å². The number of carbonyl (C=O) groups excluding carboxylic acids is 1. The van der Waals surface area contributed by atoms with Crippen molar-refractivity contribution in [3.05, 3.63) is 47.0 Å². The zero-order valence-electron chi connectivity index (χ0n) is 16.5. The van der Waals surface area contributed by atoms with Gasteiger partial charge in [-0.15, -0.1) is 0 Å². The second kappa shape index (κ2) is 9.82. The molecule has 2 N–H and O–H groups in total. The van der Waals surface area contributed by atoms with Crippen LogP contribution in [0.2, 0.25) is 5.02 Å². The number of amides is 1. The van der Waals surface area contributed by atoms with E-state index in [0.29, 0.717) is 17.2 Å². The molecule has 0 unspecified atom stereocenters. The maximum atomic E-state index is 12.5. The van der Waals surface area contributed by atoms with Crippen molar-refractivity contribution in [3.63, 3.8) is 0 Å². The highest BCUT2D eigenvalue weighted by Crippen LogP contribution is 2.28. The first-order valence-electron chi connectivity index (χ1n) is 8.56. The number of nitrogens with one attached hydrogen (secondary N) is 2. The second-order valence-corrected chi connectivity index (χ2v) is 8.17. The number of methoxy groups -OCH3 is 3. The summed E-state index contributed by atoms with van der Waals surface area (Å²) < 4.78 is 42.7. The fourth-order valence-electron chi connectivity index (χ4n) is 2.50. The Labute approximate surface area is 175 Å². The minimum Gasteiger partial charge on any atom is -0.495 e. The van der Waals surface area contributed by atoms with E-state index in [4.69, 9.17) is 25.8 Å². The van der Waals surface area contributed by atoms with Crippen molar-refractivity contribution >= 4 is 27.5 Å². The molecule has 10 heteroatoms. The molecule has 0 aliphatic carbocycles. The van der Waals surface area contributed by atoms with Crippen molar-refractivity contribution < 1.29 is 27.4 Å². The van der Waals surface area contributed by atoms with Gasteiger partial charge in [0.25, 0.3) is 0 Å². The molecule has 2 rings (SSSR count). The molecular weight excluding hydrogens is 420 g/mol. The first kappa shape index (κ1) is 22.8. The Morgan fingerprint density at radius 3 is 2.21 bits per heavy atom. The molecule has 29 heavy (non-hydrogen) atoms. The third-order valence-electron chi connectivity index (χ3n) is 4.07. The summed E-state index contributed by atoms with van der Waals surface area (Å²) in [6.07, 6.45) is 0. The molecule has 158 valence electrons. The van der Waals surface area contributed by atoms with Crippen molar-refractivity contribution in [3.8, 4) is 17.2 Å². The minimum absolute atomic E-state index is 0.0668. The van der Waals surface area contributed by atoms with Crippen molar-refractivity contribution in [2.75, 3.05) is 21.3 Å². The van der Waals surface area contributed by atoms with Gasteiger partial charge < -0.3 is 19.5 Å². The standard InChI is InChI=1S/C19H23ClN2O6S/c1-12(22-29(24,25)14-6-8-16(26-2)15(20)10-14)19(23)21-11-13-5-7-17(27-3)18(9-13)28-4/h5-10,12,22H,11H2,1-4H3,(H,21,23)/t12-/m0/s1. The third kappa shape index (κ3) is 5.75. The summed E-state index contributed by atoms with van der Waals surface area (Å²) in [5.41, 5.74) is 0.771. The molecule has 0 aliphatic heterocycles. The summed E-state index contributed by atoms with van der Waals surface area (Å²) in [5.74, 6) is 0.973. The molecule has 0 bridgehead atoms. The fourth-order valence-corrected chi connectivity index (χ4v) is 4.05. The zero-order chi connectivity index (χ0) is 21.6. The summed E-state index contributed by atoms with van der Waals surface area (Å²) in [7, 11) is 0.534. The monoisotopic (exact) mass is 442 g/mol. The van der Waals surface area contributed by atoms with Crippen LogP contribution in [0.5, 0.6) is 17.2 Å². The molecule has 0 saturated carbocycles. The Morgan fingerprint density at radius 1 is 1.00 bits per heavy atom. The smallest absolute Gasteiger partial charge is 0.241 e. The van der Waals surface area contributed by atoms with Crippen molar-refractivity contribution in [2.24, 2.45) is 0 Å². The first-order valence-corrected chi connectivity index (χ1v) is 10.4. The van der Waals surface area contributed by atoms with Crippen LogP contribution in [0, 0.1) is 0 Å². The van der Waals surface area contributed by atoms with E-state index < -0.39 is 22.0 Å². The van der Waals surface area contributed by atoms with Gasteiger partial charge in [-0.1, -0.05) is 17.7 Å². The van der Waals surface area contributed by atoms with E-state index in [2.05, 4.69) is 10.0 Å². The summed E-state index contributed by atoms with van der Waals surface area (Å²) >= 11 is 5.98. The van der Waals surface area contributed by atoms with Crippen LogP contribution in [0.3, 0.4) is 0 Å². The largest absolute Gasteiger partial charge is 0.495 e. The van der Waals surface area contributed by atoms with Crippen LogP contribution in [0.1, 0.15) is 12.5 Å².